The summed E-state index contributed by atoms with van der Waals surface area (Å²) in [5.74, 6) is 1.88. The minimum atomic E-state index is -3.72. The lowest BCUT2D eigenvalue weighted by atomic mass is 9.95. The predicted octanol–water partition coefficient (Wildman–Crippen LogP) is 3.72. The summed E-state index contributed by atoms with van der Waals surface area (Å²) in [4.78, 5) is 12.8. The highest BCUT2D eigenvalue weighted by Crippen LogP contribution is 2.44. The quantitative estimate of drug-likeness (QED) is 0.754. The molecule has 29 heavy (non-hydrogen) atoms. The zero-order chi connectivity index (χ0) is 20.6. The zero-order valence-corrected chi connectivity index (χ0v) is 17.5. The van der Waals surface area contributed by atoms with Gasteiger partial charge in [0.15, 0.2) is 0 Å². The van der Waals surface area contributed by atoms with E-state index < -0.39 is 10.0 Å². The number of methoxy groups -OCH3 is 1. The monoisotopic (exact) mass is 414 g/mol. The van der Waals surface area contributed by atoms with Gasteiger partial charge in [-0.25, -0.2) is 8.42 Å². The molecule has 0 heterocycles. The van der Waals surface area contributed by atoms with Gasteiger partial charge >= 0.3 is 0 Å². The van der Waals surface area contributed by atoms with Gasteiger partial charge in [-0.15, -0.1) is 0 Å². The van der Waals surface area contributed by atoms with Crippen molar-refractivity contribution in [2.45, 2.75) is 43.5 Å². The minimum absolute atomic E-state index is 0.0878. The van der Waals surface area contributed by atoms with E-state index in [1.54, 1.807) is 37.3 Å². The third-order valence-corrected chi connectivity index (χ3v) is 7.54. The van der Waals surface area contributed by atoms with Gasteiger partial charge in [-0.05, 0) is 86.1 Å². The number of hydrogen-bond acceptors (Lipinski definition) is 4. The molecule has 1 amide bonds. The number of ether oxygens (including phenoxy) is 1. The molecule has 2 aliphatic rings. The first-order valence-corrected chi connectivity index (χ1v) is 11.4. The van der Waals surface area contributed by atoms with Crippen LogP contribution in [-0.2, 0) is 10.0 Å². The zero-order valence-electron chi connectivity index (χ0n) is 16.6. The van der Waals surface area contributed by atoms with Crippen molar-refractivity contribution in [2.24, 2.45) is 11.8 Å². The molecule has 2 saturated carbocycles. The van der Waals surface area contributed by atoms with Crippen molar-refractivity contribution in [3.8, 4) is 5.75 Å². The highest BCUT2D eigenvalue weighted by atomic mass is 32.2. The Balaban J connectivity index is 1.45. The molecule has 2 aromatic rings. The molecule has 0 aliphatic heterocycles. The van der Waals surface area contributed by atoms with Gasteiger partial charge in [0.2, 0.25) is 0 Å². The van der Waals surface area contributed by atoms with Crippen molar-refractivity contribution in [1.82, 2.24) is 5.32 Å². The number of rotatable bonds is 6. The number of amides is 1. The smallest absolute Gasteiger partial charge is 0.261 e. The van der Waals surface area contributed by atoms with Gasteiger partial charge in [0, 0.05) is 11.6 Å². The lowest BCUT2D eigenvalue weighted by Crippen LogP contribution is -2.38. The lowest BCUT2D eigenvalue weighted by molar-refractivity contribution is 0.0923. The summed E-state index contributed by atoms with van der Waals surface area (Å²) in [5.41, 5.74) is 1.71. The second-order valence-electron chi connectivity index (χ2n) is 8.07. The second kappa shape index (κ2) is 7.71. The Morgan fingerprint density at radius 2 is 1.83 bits per heavy atom. The summed E-state index contributed by atoms with van der Waals surface area (Å²) in [6.07, 6.45) is 4.81. The molecule has 2 aromatic carbocycles. The van der Waals surface area contributed by atoms with Crippen LogP contribution in [0.5, 0.6) is 5.75 Å². The van der Waals surface area contributed by atoms with E-state index in [2.05, 4.69) is 10.0 Å². The molecule has 2 fully saturated rings. The van der Waals surface area contributed by atoms with E-state index >= 15 is 0 Å². The van der Waals surface area contributed by atoms with Crippen LogP contribution in [-0.4, -0.2) is 27.5 Å². The normalized spacial score (nSPS) is 23.0. The van der Waals surface area contributed by atoms with E-state index in [-0.39, 0.29) is 16.8 Å². The number of nitrogens with one attached hydrogen (secondary N) is 2. The molecule has 3 atom stereocenters. The van der Waals surface area contributed by atoms with E-state index in [1.807, 2.05) is 0 Å². The van der Waals surface area contributed by atoms with Crippen molar-refractivity contribution >= 4 is 21.6 Å². The SMILES string of the molecule is COc1ccc(S(=O)(=O)Nc2ccc(C(=O)N[C@@H]3C[C@H]4CC[C@@H]3C4)cc2C)cc1. The van der Waals surface area contributed by atoms with Crippen LogP contribution in [0.15, 0.2) is 47.4 Å². The minimum Gasteiger partial charge on any atom is -0.497 e. The first-order chi connectivity index (χ1) is 13.9. The van der Waals surface area contributed by atoms with Crippen molar-refractivity contribution in [2.75, 3.05) is 11.8 Å². The molecule has 0 radical (unpaired) electrons. The van der Waals surface area contributed by atoms with Crippen LogP contribution >= 0.6 is 0 Å². The van der Waals surface area contributed by atoms with Crippen LogP contribution in [0.1, 0.15) is 41.6 Å². The van der Waals surface area contributed by atoms with Crippen LogP contribution in [0, 0.1) is 18.8 Å². The molecule has 7 heteroatoms. The second-order valence-corrected chi connectivity index (χ2v) is 9.75. The molecule has 4 rings (SSSR count). The molecule has 6 nitrogen and oxygen atoms in total. The molecule has 0 aromatic heterocycles. The molecule has 2 aliphatic carbocycles. The van der Waals surface area contributed by atoms with Crippen LogP contribution in [0.4, 0.5) is 5.69 Å². The van der Waals surface area contributed by atoms with Gasteiger partial charge in [-0.1, -0.05) is 6.42 Å². The van der Waals surface area contributed by atoms with E-state index in [4.69, 9.17) is 4.74 Å². The van der Waals surface area contributed by atoms with Crippen LogP contribution in [0.2, 0.25) is 0 Å². The van der Waals surface area contributed by atoms with E-state index in [1.165, 1.54) is 38.5 Å². The largest absolute Gasteiger partial charge is 0.497 e. The number of carbonyl (C=O) groups excluding carboxylic acids is 1. The van der Waals surface area contributed by atoms with E-state index in [9.17, 15) is 13.2 Å². The number of anilines is 1. The van der Waals surface area contributed by atoms with Gasteiger partial charge < -0.3 is 10.1 Å². The number of hydrogen-bond donors (Lipinski definition) is 2. The van der Waals surface area contributed by atoms with Crippen molar-refractivity contribution in [3.05, 3.63) is 53.6 Å². The fourth-order valence-electron chi connectivity index (χ4n) is 4.55. The first kappa shape index (κ1) is 19.8. The fraction of sp³-hybridized carbons (Fsp3) is 0.409. The Kier molecular flexibility index (Phi) is 5.25. The maximum absolute atomic E-state index is 12.6. The van der Waals surface area contributed by atoms with Crippen LogP contribution < -0.4 is 14.8 Å². The van der Waals surface area contributed by atoms with Crippen molar-refractivity contribution in [1.29, 1.82) is 0 Å². The standard InChI is InChI=1S/C22H26N2O4S/c1-14-11-17(22(25)23-21-13-15-3-4-16(21)12-15)5-10-20(14)24-29(26,27)19-8-6-18(28-2)7-9-19/h5-11,15-16,21,24H,3-4,12-13H2,1-2H3,(H,23,25)/t15-,16+,21+/m0/s1. The first-order valence-electron chi connectivity index (χ1n) is 9.94. The van der Waals surface area contributed by atoms with E-state index in [0.717, 1.165) is 12.3 Å². The predicted molar refractivity (Wildman–Crippen MR) is 112 cm³/mol. The number of carbonyl (C=O) groups is 1. The molecule has 154 valence electrons. The maximum Gasteiger partial charge on any atom is 0.261 e. The molecular formula is C22H26N2O4S. The molecule has 0 spiro atoms. The maximum atomic E-state index is 12.6. The van der Waals surface area contributed by atoms with Crippen LogP contribution in [0.3, 0.4) is 0 Å². The van der Waals surface area contributed by atoms with Gasteiger partial charge in [0.1, 0.15) is 5.75 Å². The number of fused-ring (bicyclic) bond motifs is 2. The average molecular weight is 415 g/mol. The fourth-order valence-corrected chi connectivity index (χ4v) is 5.68. The van der Waals surface area contributed by atoms with Gasteiger partial charge in [0.05, 0.1) is 17.7 Å². The van der Waals surface area contributed by atoms with E-state index in [0.29, 0.717) is 28.5 Å². The topological polar surface area (TPSA) is 84.5 Å². The Morgan fingerprint density at radius 3 is 2.41 bits per heavy atom. The Morgan fingerprint density at radius 1 is 1.07 bits per heavy atom. The van der Waals surface area contributed by atoms with Gasteiger partial charge in [-0.3, -0.25) is 9.52 Å². The molecule has 2 N–H and O–H groups in total. The van der Waals surface area contributed by atoms with Crippen LogP contribution in [0.25, 0.3) is 0 Å². The highest BCUT2D eigenvalue weighted by Gasteiger charge is 2.40. The summed E-state index contributed by atoms with van der Waals surface area (Å²) in [7, 11) is -2.20. The number of sulfonamides is 1. The lowest BCUT2D eigenvalue weighted by Gasteiger charge is -2.23. The number of aryl methyl sites for hydroxylation is 1. The number of benzene rings is 2. The summed E-state index contributed by atoms with van der Waals surface area (Å²) in [6, 6.07) is 11.5. The third kappa shape index (κ3) is 4.10. The third-order valence-electron chi connectivity index (χ3n) is 6.16. The molecular weight excluding hydrogens is 388 g/mol. The summed E-state index contributed by atoms with van der Waals surface area (Å²) in [6.45, 7) is 1.79. The Labute approximate surface area is 171 Å². The van der Waals surface area contributed by atoms with Crippen molar-refractivity contribution in [3.63, 3.8) is 0 Å². The Bertz CT molecular complexity index is 1020. The van der Waals surface area contributed by atoms with Crippen molar-refractivity contribution < 1.29 is 17.9 Å². The summed E-state index contributed by atoms with van der Waals surface area (Å²) < 4.78 is 33.0. The van der Waals surface area contributed by atoms with Gasteiger partial charge in [0.25, 0.3) is 15.9 Å². The molecule has 0 unspecified atom stereocenters. The van der Waals surface area contributed by atoms with Gasteiger partial charge in [-0.2, -0.15) is 0 Å². The molecule has 0 saturated heterocycles. The summed E-state index contributed by atoms with van der Waals surface area (Å²) >= 11 is 0. The average Bonchev–Trinajstić information content (AvgIpc) is 3.32. The summed E-state index contributed by atoms with van der Waals surface area (Å²) in [5, 5.41) is 3.17. The Hall–Kier alpha value is -2.54. The highest BCUT2D eigenvalue weighted by molar-refractivity contribution is 7.92. The molecule has 2 bridgehead atoms.